The summed E-state index contributed by atoms with van der Waals surface area (Å²) >= 11 is 5.80. The Balaban J connectivity index is 2.04. The highest BCUT2D eigenvalue weighted by molar-refractivity contribution is 6.33. The van der Waals surface area contributed by atoms with Crippen molar-refractivity contribution in [1.29, 1.82) is 0 Å². The van der Waals surface area contributed by atoms with Gasteiger partial charge in [-0.15, -0.1) is 0 Å². The third-order valence-electron chi connectivity index (χ3n) is 2.57. The van der Waals surface area contributed by atoms with Crippen molar-refractivity contribution in [2.45, 2.75) is 25.6 Å². The third kappa shape index (κ3) is 2.94. The summed E-state index contributed by atoms with van der Waals surface area (Å²) in [6.45, 7) is 2.00. The van der Waals surface area contributed by atoms with Crippen LogP contribution in [-0.2, 0) is 0 Å². The van der Waals surface area contributed by atoms with E-state index in [2.05, 4.69) is 16.2 Å². The van der Waals surface area contributed by atoms with E-state index in [0.717, 1.165) is 12.5 Å². The number of benzene rings is 1. The fraction of sp³-hybridized carbons (Fsp3) is 0.364. The Morgan fingerprint density at radius 3 is 2.88 bits per heavy atom. The second-order valence-electron chi connectivity index (χ2n) is 4.08. The first kappa shape index (κ1) is 12.3. The Bertz CT molecular complexity index is 441. The second kappa shape index (κ2) is 5.00. The van der Waals surface area contributed by atoms with E-state index in [-0.39, 0.29) is 22.7 Å². The van der Waals surface area contributed by atoms with E-state index in [9.17, 15) is 9.18 Å². The normalized spacial score (nSPS) is 23.7. The van der Waals surface area contributed by atoms with Gasteiger partial charge in [-0.2, -0.15) is 0 Å². The van der Waals surface area contributed by atoms with Gasteiger partial charge in [0.05, 0.1) is 16.8 Å². The molecule has 0 spiro atoms. The molecule has 6 heteroatoms. The van der Waals surface area contributed by atoms with E-state index in [1.54, 1.807) is 0 Å². The molecule has 1 amide bonds. The maximum Gasteiger partial charge on any atom is 0.254 e. The number of hydrazine groups is 1. The van der Waals surface area contributed by atoms with Crippen molar-refractivity contribution >= 4 is 17.5 Å². The van der Waals surface area contributed by atoms with Crippen molar-refractivity contribution in [1.82, 2.24) is 16.2 Å². The van der Waals surface area contributed by atoms with E-state index in [1.807, 2.05) is 6.92 Å². The monoisotopic (exact) mass is 257 g/mol. The molecule has 92 valence electrons. The number of amides is 1. The van der Waals surface area contributed by atoms with E-state index in [1.165, 1.54) is 12.1 Å². The zero-order chi connectivity index (χ0) is 12.4. The van der Waals surface area contributed by atoms with Crippen LogP contribution in [0.3, 0.4) is 0 Å². The molecule has 0 saturated carbocycles. The maximum atomic E-state index is 12.8. The first-order valence-electron chi connectivity index (χ1n) is 5.33. The van der Waals surface area contributed by atoms with Gasteiger partial charge in [0, 0.05) is 6.04 Å². The van der Waals surface area contributed by atoms with Crippen LogP contribution in [0, 0.1) is 5.82 Å². The number of rotatable bonds is 2. The Kier molecular flexibility index (Phi) is 3.61. The molecule has 1 aromatic rings. The molecular weight excluding hydrogens is 245 g/mol. The predicted octanol–water partition coefficient (Wildman–Crippen LogP) is 1.42. The SMILES string of the molecule is CC1CC(NC(=O)c2ccc(F)cc2Cl)NN1. The summed E-state index contributed by atoms with van der Waals surface area (Å²) in [6, 6.07) is 4.01. The lowest BCUT2D eigenvalue weighted by Crippen LogP contribution is -2.44. The maximum absolute atomic E-state index is 12.8. The molecule has 1 aliphatic rings. The molecule has 0 aromatic heterocycles. The minimum atomic E-state index is -0.458. The van der Waals surface area contributed by atoms with Crippen molar-refractivity contribution in [2.24, 2.45) is 0 Å². The average molecular weight is 258 g/mol. The van der Waals surface area contributed by atoms with Gasteiger partial charge in [-0.3, -0.25) is 10.2 Å². The number of halogens is 2. The van der Waals surface area contributed by atoms with Crippen LogP contribution in [-0.4, -0.2) is 18.1 Å². The molecule has 17 heavy (non-hydrogen) atoms. The molecular formula is C11H13ClFN3O. The topological polar surface area (TPSA) is 53.2 Å². The van der Waals surface area contributed by atoms with E-state index < -0.39 is 5.82 Å². The fourth-order valence-electron chi connectivity index (χ4n) is 1.72. The molecule has 1 fully saturated rings. The summed E-state index contributed by atoms with van der Waals surface area (Å²) < 4.78 is 12.8. The van der Waals surface area contributed by atoms with Gasteiger partial charge >= 0.3 is 0 Å². The van der Waals surface area contributed by atoms with Gasteiger partial charge in [0.2, 0.25) is 0 Å². The van der Waals surface area contributed by atoms with Crippen molar-refractivity contribution in [3.8, 4) is 0 Å². The van der Waals surface area contributed by atoms with Gasteiger partial charge in [0.1, 0.15) is 5.82 Å². The summed E-state index contributed by atoms with van der Waals surface area (Å²) in [5, 5.41) is 2.88. The summed E-state index contributed by atoms with van der Waals surface area (Å²) in [5.41, 5.74) is 6.20. The van der Waals surface area contributed by atoms with E-state index in [4.69, 9.17) is 11.6 Å². The van der Waals surface area contributed by atoms with Crippen LogP contribution in [0.4, 0.5) is 4.39 Å². The summed E-state index contributed by atoms with van der Waals surface area (Å²) in [7, 11) is 0. The molecule has 2 rings (SSSR count). The molecule has 0 aliphatic carbocycles. The standard InChI is InChI=1S/C11H13ClFN3O/c1-6-4-10(16-15-6)14-11(17)8-3-2-7(13)5-9(8)12/h2-3,5-6,10,15-16H,4H2,1H3,(H,14,17). The van der Waals surface area contributed by atoms with Crippen LogP contribution in [0.15, 0.2) is 18.2 Å². The first-order valence-corrected chi connectivity index (χ1v) is 5.71. The molecule has 2 atom stereocenters. The Morgan fingerprint density at radius 1 is 1.53 bits per heavy atom. The molecule has 1 heterocycles. The van der Waals surface area contributed by atoms with Crippen LogP contribution in [0.2, 0.25) is 5.02 Å². The van der Waals surface area contributed by atoms with Crippen LogP contribution >= 0.6 is 11.6 Å². The number of nitrogens with one attached hydrogen (secondary N) is 3. The van der Waals surface area contributed by atoms with Gasteiger partial charge in [-0.1, -0.05) is 11.6 Å². The zero-order valence-corrected chi connectivity index (χ0v) is 10.0. The second-order valence-corrected chi connectivity index (χ2v) is 4.48. The fourth-order valence-corrected chi connectivity index (χ4v) is 1.97. The minimum absolute atomic E-state index is 0.113. The molecule has 4 nitrogen and oxygen atoms in total. The minimum Gasteiger partial charge on any atom is -0.335 e. The van der Waals surface area contributed by atoms with Crippen LogP contribution in [0.25, 0.3) is 0 Å². The lowest BCUT2D eigenvalue weighted by molar-refractivity contribution is 0.0932. The van der Waals surface area contributed by atoms with Gasteiger partial charge in [0.15, 0.2) is 0 Å². The lowest BCUT2D eigenvalue weighted by atomic mass is 10.2. The lowest BCUT2D eigenvalue weighted by Gasteiger charge is -2.12. The summed E-state index contributed by atoms with van der Waals surface area (Å²) in [4.78, 5) is 11.9. The zero-order valence-electron chi connectivity index (χ0n) is 9.26. The molecule has 1 saturated heterocycles. The predicted molar refractivity (Wildman–Crippen MR) is 63.0 cm³/mol. The highest BCUT2D eigenvalue weighted by atomic mass is 35.5. The Hall–Kier alpha value is -1.17. The van der Waals surface area contributed by atoms with Gasteiger partial charge in [0.25, 0.3) is 5.91 Å². The van der Waals surface area contributed by atoms with Crippen molar-refractivity contribution in [3.05, 3.63) is 34.6 Å². The smallest absolute Gasteiger partial charge is 0.254 e. The molecule has 1 aliphatic heterocycles. The summed E-state index contributed by atoms with van der Waals surface area (Å²) in [6.07, 6.45) is 0.642. The van der Waals surface area contributed by atoms with Crippen molar-refractivity contribution in [3.63, 3.8) is 0 Å². The van der Waals surface area contributed by atoms with Crippen LogP contribution in [0.5, 0.6) is 0 Å². The van der Waals surface area contributed by atoms with Crippen LogP contribution < -0.4 is 16.2 Å². The van der Waals surface area contributed by atoms with Crippen molar-refractivity contribution in [2.75, 3.05) is 0 Å². The molecule has 1 aromatic carbocycles. The number of carbonyl (C=O) groups is 1. The molecule has 2 unspecified atom stereocenters. The molecule has 0 bridgehead atoms. The van der Waals surface area contributed by atoms with E-state index >= 15 is 0 Å². The number of carbonyl (C=O) groups excluding carboxylic acids is 1. The highest BCUT2D eigenvalue weighted by Crippen LogP contribution is 2.17. The highest BCUT2D eigenvalue weighted by Gasteiger charge is 2.22. The average Bonchev–Trinajstić information content (AvgIpc) is 2.63. The largest absolute Gasteiger partial charge is 0.335 e. The number of hydrogen-bond acceptors (Lipinski definition) is 3. The van der Waals surface area contributed by atoms with E-state index in [0.29, 0.717) is 6.04 Å². The third-order valence-corrected chi connectivity index (χ3v) is 2.89. The van der Waals surface area contributed by atoms with Gasteiger partial charge < -0.3 is 5.32 Å². The first-order chi connectivity index (χ1) is 8.06. The quantitative estimate of drug-likeness (QED) is 0.751. The van der Waals surface area contributed by atoms with Gasteiger partial charge in [-0.25, -0.2) is 9.82 Å². The number of hydrogen-bond donors (Lipinski definition) is 3. The Labute approximate surface area is 104 Å². The molecule has 0 radical (unpaired) electrons. The van der Waals surface area contributed by atoms with Crippen molar-refractivity contribution < 1.29 is 9.18 Å². The summed E-state index contributed by atoms with van der Waals surface area (Å²) in [5.74, 6) is -0.774. The molecule has 3 N–H and O–H groups in total. The van der Waals surface area contributed by atoms with Crippen LogP contribution in [0.1, 0.15) is 23.7 Å². The van der Waals surface area contributed by atoms with Gasteiger partial charge in [-0.05, 0) is 31.5 Å². The Morgan fingerprint density at radius 2 is 2.29 bits per heavy atom.